The van der Waals surface area contributed by atoms with Crippen molar-refractivity contribution in [2.45, 2.75) is 5.18 Å². The van der Waals surface area contributed by atoms with Crippen LogP contribution >= 0.6 is 39.1 Å². The average Bonchev–Trinajstić information content (AvgIpc) is 2.59. The van der Waals surface area contributed by atoms with E-state index in [1.54, 1.807) is 4.90 Å². The van der Waals surface area contributed by atoms with Gasteiger partial charge in [-0.1, -0.05) is 23.2 Å². The third kappa shape index (κ3) is 3.07. The van der Waals surface area contributed by atoms with E-state index in [-0.39, 0.29) is 58.2 Å². The lowest BCUT2D eigenvalue weighted by molar-refractivity contribution is 0.121. The summed E-state index contributed by atoms with van der Waals surface area (Å²) in [4.78, 5) is 14.0. The van der Waals surface area contributed by atoms with Crippen molar-refractivity contribution in [2.24, 2.45) is 0 Å². The van der Waals surface area contributed by atoms with Crippen molar-refractivity contribution >= 4 is 56.6 Å². The lowest BCUT2D eigenvalue weighted by atomic mass is 9.97. The fraction of sp³-hybridized carbons (Fsp3) is 0.333. The Morgan fingerprint density at radius 2 is 2.04 bits per heavy atom. The maximum atomic E-state index is 14.7. The number of anilines is 1. The van der Waals surface area contributed by atoms with Gasteiger partial charge < -0.3 is 25.3 Å². The Morgan fingerprint density at radius 3 is 2.58 bits per heavy atom. The molecule has 0 aliphatic carbocycles. The zero-order valence-corrected chi connectivity index (χ0v) is 16.2. The van der Waals surface area contributed by atoms with E-state index in [9.17, 15) is 19.6 Å². The molecule has 1 amide bonds. The molecule has 0 saturated carbocycles. The van der Waals surface area contributed by atoms with E-state index in [4.69, 9.17) is 28.3 Å². The topological polar surface area (TPSA) is 99.8 Å². The first kappa shape index (κ1) is 19.0. The largest absolute Gasteiger partial charge is 0.465 e. The molecule has 2 aliphatic heterocycles. The molecule has 1 fully saturated rings. The summed E-state index contributed by atoms with van der Waals surface area (Å²) < 4.78 is 14.6. The molecule has 0 bridgehead atoms. The van der Waals surface area contributed by atoms with Crippen LogP contribution < -0.4 is 5.32 Å². The third-order valence-corrected chi connectivity index (χ3v) is 5.84. The van der Waals surface area contributed by atoms with Gasteiger partial charge in [0.05, 0.1) is 20.9 Å². The lowest BCUT2D eigenvalue weighted by Gasteiger charge is -2.41. The summed E-state index contributed by atoms with van der Waals surface area (Å²) in [5.74, 6) is -0.759. The molecule has 3 N–H and O–H groups in total. The van der Waals surface area contributed by atoms with Crippen molar-refractivity contribution in [1.82, 2.24) is 9.80 Å². The van der Waals surface area contributed by atoms with E-state index in [0.717, 1.165) is 0 Å². The van der Waals surface area contributed by atoms with Gasteiger partial charge in [0, 0.05) is 31.7 Å². The summed E-state index contributed by atoms with van der Waals surface area (Å²) in [5.41, 5.74) is 0.167. The van der Waals surface area contributed by atoms with Gasteiger partial charge >= 0.3 is 6.09 Å². The molecule has 2 heterocycles. The van der Waals surface area contributed by atoms with Crippen LogP contribution in [-0.4, -0.2) is 57.5 Å². The molecule has 1 aromatic rings. The van der Waals surface area contributed by atoms with E-state index < -0.39 is 17.1 Å². The summed E-state index contributed by atoms with van der Waals surface area (Å²) in [7, 11) is 0. The zero-order chi connectivity index (χ0) is 19.2. The highest BCUT2D eigenvalue weighted by Crippen LogP contribution is 2.46. The van der Waals surface area contributed by atoms with Crippen molar-refractivity contribution < 1.29 is 19.4 Å². The Morgan fingerprint density at radius 1 is 1.42 bits per heavy atom. The monoisotopic (exact) mass is 464 g/mol. The minimum Gasteiger partial charge on any atom is -0.465 e. The van der Waals surface area contributed by atoms with Crippen LogP contribution in [0.15, 0.2) is 16.1 Å². The van der Waals surface area contributed by atoms with Gasteiger partial charge in [-0.05, 0) is 22.0 Å². The highest BCUT2D eigenvalue weighted by atomic mass is 79.9. The minimum absolute atomic E-state index is 0.00617. The number of rotatable bonds is 1. The Kier molecular flexibility index (Phi) is 4.96. The number of amides is 1. The molecule has 26 heavy (non-hydrogen) atoms. The van der Waals surface area contributed by atoms with Crippen molar-refractivity contribution in [3.63, 3.8) is 0 Å². The van der Waals surface area contributed by atoms with Crippen LogP contribution in [0.1, 0.15) is 5.56 Å². The summed E-state index contributed by atoms with van der Waals surface area (Å²) in [5, 5.41) is 29.2. The number of aliphatic hydroxyl groups is 1. The van der Waals surface area contributed by atoms with Crippen LogP contribution in [0, 0.1) is 17.1 Å². The number of fused-ring (bicyclic) bond motifs is 1. The number of nitrogens with one attached hydrogen (secondary N) is 1. The molecule has 0 spiro atoms. The molecule has 7 nitrogen and oxygen atoms in total. The predicted molar refractivity (Wildman–Crippen MR) is 97.2 cm³/mol. The van der Waals surface area contributed by atoms with Crippen molar-refractivity contribution in [1.29, 1.82) is 5.26 Å². The van der Waals surface area contributed by atoms with Crippen LogP contribution in [0.3, 0.4) is 0 Å². The van der Waals surface area contributed by atoms with Gasteiger partial charge in [0.2, 0.25) is 0 Å². The average molecular weight is 466 g/mol. The Bertz CT molecular complexity index is 863. The first-order valence-electron chi connectivity index (χ1n) is 7.42. The van der Waals surface area contributed by atoms with Crippen LogP contribution in [0.5, 0.6) is 0 Å². The Balaban J connectivity index is 2.14. The molecule has 138 valence electrons. The van der Waals surface area contributed by atoms with Crippen LogP contribution in [0.4, 0.5) is 14.9 Å². The summed E-state index contributed by atoms with van der Waals surface area (Å²) >= 11 is 15.1. The summed E-state index contributed by atoms with van der Waals surface area (Å²) in [6.07, 6.45) is -1.04. The number of alkyl halides is 1. The SMILES string of the molecule is N#CC1=C(N2CCN(C(=O)O)CC2)c2cc(Cl)c(Br)c(F)c2NC1(O)Cl. The van der Waals surface area contributed by atoms with Gasteiger partial charge in [0.25, 0.3) is 5.18 Å². The summed E-state index contributed by atoms with van der Waals surface area (Å²) in [6.45, 7) is 0.866. The van der Waals surface area contributed by atoms with Crippen LogP contribution in [0.25, 0.3) is 5.70 Å². The quantitative estimate of drug-likeness (QED) is 0.335. The fourth-order valence-corrected chi connectivity index (χ4v) is 3.73. The number of carboxylic acid groups (broad SMARTS) is 1. The molecule has 2 aliphatic rings. The smallest absolute Gasteiger partial charge is 0.407 e. The first-order chi connectivity index (χ1) is 12.2. The van der Waals surface area contributed by atoms with Gasteiger partial charge in [0.15, 0.2) is 5.82 Å². The number of piperazine rings is 1. The van der Waals surface area contributed by atoms with Gasteiger partial charge in [-0.15, -0.1) is 0 Å². The molecule has 0 radical (unpaired) electrons. The number of carbonyl (C=O) groups is 1. The normalized spacial score (nSPS) is 22.6. The maximum Gasteiger partial charge on any atom is 0.407 e. The van der Waals surface area contributed by atoms with Crippen LogP contribution in [-0.2, 0) is 0 Å². The third-order valence-electron chi connectivity index (χ3n) is 4.25. The number of hydrogen-bond acceptors (Lipinski definition) is 5. The molecule has 0 aromatic heterocycles. The molecular formula is C15H12BrCl2FN4O3. The molecule has 11 heteroatoms. The summed E-state index contributed by atoms with van der Waals surface area (Å²) in [6, 6.07) is 3.31. The Labute approximate surface area is 166 Å². The van der Waals surface area contributed by atoms with E-state index in [2.05, 4.69) is 21.2 Å². The number of nitrogens with zero attached hydrogens (tertiary/aromatic N) is 3. The minimum atomic E-state index is -2.31. The lowest BCUT2D eigenvalue weighted by Crippen LogP contribution is -2.49. The zero-order valence-electron chi connectivity index (χ0n) is 13.1. The molecule has 3 rings (SSSR count). The number of hydrogen-bond donors (Lipinski definition) is 3. The number of benzene rings is 1. The second kappa shape index (κ2) is 6.78. The predicted octanol–water partition coefficient (Wildman–Crippen LogP) is 3.08. The van der Waals surface area contributed by atoms with E-state index in [1.165, 1.54) is 11.0 Å². The molecule has 1 saturated heterocycles. The first-order valence-corrected chi connectivity index (χ1v) is 8.97. The second-order valence-electron chi connectivity index (χ2n) is 5.75. The van der Waals surface area contributed by atoms with E-state index in [0.29, 0.717) is 0 Å². The molecule has 1 atom stereocenters. The van der Waals surface area contributed by atoms with Gasteiger partial charge in [-0.3, -0.25) is 0 Å². The van der Waals surface area contributed by atoms with Crippen LogP contribution in [0.2, 0.25) is 5.02 Å². The van der Waals surface area contributed by atoms with Gasteiger partial charge in [0.1, 0.15) is 11.6 Å². The molecule has 1 aromatic carbocycles. The van der Waals surface area contributed by atoms with Gasteiger partial charge in [-0.25, -0.2) is 9.18 Å². The molecule has 1 unspecified atom stereocenters. The second-order valence-corrected chi connectivity index (χ2v) is 7.50. The Hall–Kier alpha value is -1.73. The van der Waals surface area contributed by atoms with E-state index in [1.807, 2.05) is 6.07 Å². The van der Waals surface area contributed by atoms with Gasteiger partial charge in [-0.2, -0.15) is 5.26 Å². The van der Waals surface area contributed by atoms with Crippen molar-refractivity contribution in [3.05, 3.63) is 32.5 Å². The molecular weight excluding hydrogens is 454 g/mol. The number of halogens is 4. The fourth-order valence-electron chi connectivity index (χ4n) is 3.00. The standard InChI is InChI=1S/C15H12BrCl2FN4O3/c16-10-9(17)5-7-12(11(10)19)21-15(18,26)8(6-20)13(7)22-1-3-23(4-2-22)14(24)25/h5,21,26H,1-4H2,(H,24,25). The highest BCUT2D eigenvalue weighted by Gasteiger charge is 2.42. The maximum absolute atomic E-state index is 14.7. The van der Waals surface area contributed by atoms with E-state index >= 15 is 0 Å². The van der Waals surface area contributed by atoms with Crippen molar-refractivity contribution in [2.75, 3.05) is 31.5 Å². The number of nitriles is 1. The van der Waals surface area contributed by atoms with Crippen molar-refractivity contribution in [3.8, 4) is 6.07 Å². The highest BCUT2D eigenvalue weighted by molar-refractivity contribution is 9.10.